The number of para-hydroxylation sites is 1. The van der Waals surface area contributed by atoms with Crippen LogP contribution in [0.3, 0.4) is 0 Å². The monoisotopic (exact) mass is 258 g/mol. The van der Waals surface area contributed by atoms with Crippen molar-refractivity contribution in [2.75, 3.05) is 0 Å². The van der Waals surface area contributed by atoms with E-state index in [2.05, 4.69) is 64.2 Å². The van der Waals surface area contributed by atoms with Gasteiger partial charge in [0.05, 0.1) is 11.4 Å². The van der Waals surface area contributed by atoms with Crippen LogP contribution in [-0.2, 0) is 0 Å². The molecular weight excluding hydrogens is 244 g/mol. The highest BCUT2D eigenvalue weighted by Crippen LogP contribution is 2.30. The zero-order chi connectivity index (χ0) is 13.4. The first-order valence-electron chi connectivity index (χ1n) is 6.78. The molecule has 2 heteroatoms. The van der Waals surface area contributed by atoms with Crippen molar-refractivity contribution < 1.29 is 0 Å². The molecule has 0 bridgehead atoms. The molecule has 1 aliphatic heterocycles. The van der Waals surface area contributed by atoms with Crippen LogP contribution in [0.2, 0.25) is 0 Å². The maximum Gasteiger partial charge on any atom is 0.0600 e. The van der Waals surface area contributed by atoms with Gasteiger partial charge in [0.25, 0.3) is 0 Å². The van der Waals surface area contributed by atoms with Gasteiger partial charge < -0.3 is 4.57 Å². The molecule has 2 aromatic carbocycles. The predicted molar refractivity (Wildman–Crippen MR) is 84.0 cm³/mol. The number of aromatic nitrogens is 1. The molecule has 0 fully saturated rings. The highest BCUT2D eigenvalue weighted by atomic mass is 15.0. The lowest BCUT2D eigenvalue weighted by atomic mass is 9.97. The van der Waals surface area contributed by atoms with E-state index >= 15 is 0 Å². The zero-order valence-corrected chi connectivity index (χ0v) is 11.0. The van der Waals surface area contributed by atoms with Crippen LogP contribution < -0.4 is 0 Å². The predicted octanol–water partition coefficient (Wildman–Crippen LogP) is 4.29. The molecule has 4 rings (SSSR count). The summed E-state index contributed by atoms with van der Waals surface area (Å²) >= 11 is 0. The molecule has 3 aromatic rings. The summed E-state index contributed by atoms with van der Waals surface area (Å²) in [5.41, 5.74) is 3.75. The SMILES string of the molecule is C1=Cn2c(cc3ccccc32)C(c2ccccc2)C=N1. The molecular formula is C18H14N2. The van der Waals surface area contributed by atoms with Crippen molar-refractivity contribution in [1.82, 2.24) is 4.57 Å². The fourth-order valence-corrected chi connectivity index (χ4v) is 2.84. The van der Waals surface area contributed by atoms with Crippen LogP contribution in [0, 0.1) is 0 Å². The first-order chi connectivity index (χ1) is 9.93. The number of hydrogen-bond donors (Lipinski definition) is 0. The topological polar surface area (TPSA) is 17.3 Å². The minimum atomic E-state index is 0.193. The summed E-state index contributed by atoms with van der Waals surface area (Å²) in [6, 6.07) is 21.2. The molecule has 0 aliphatic carbocycles. The number of nitrogens with zero attached hydrogens (tertiary/aromatic N) is 2. The summed E-state index contributed by atoms with van der Waals surface area (Å²) in [6.07, 6.45) is 5.92. The van der Waals surface area contributed by atoms with Crippen molar-refractivity contribution >= 4 is 23.3 Å². The van der Waals surface area contributed by atoms with Crippen LogP contribution in [0.15, 0.2) is 71.9 Å². The molecule has 0 spiro atoms. The fourth-order valence-electron chi connectivity index (χ4n) is 2.84. The van der Waals surface area contributed by atoms with E-state index in [1.165, 1.54) is 22.2 Å². The van der Waals surface area contributed by atoms with E-state index in [4.69, 9.17) is 0 Å². The molecule has 2 heterocycles. The third-order valence-electron chi connectivity index (χ3n) is 3.79. The van der Waals surface area contributed by atoms with Crippen molar-refractivity contribution in [2.45, 2.75) is 5.92 Å². The Morgan fingerprint density at radius 1 is 0.900 bits per heavy atom. The Hall–Kier alpha value is -2.61. The standard InChI is InChI=1S/C18H14N2/c1-2-6-14(7-3-1)16-13-19-10-11-20-17-9-5-4-8-15(17)12-18(16)20/h1-13,16H. The molecule has 1 atom stereocenters. The number of hydrogen-bond acceptors (Lipinski definition) is 1. The first-order valence-corrected chi connectivity index (χ1v) is 6.78. The van der Waals surface area contributed by atoms with Crippen molar-refractivity contribution in [2.24, 2.45) is 4.99 Å². The quantitative estimate of drug-likeness (QED) is 0.619. The lowest BCUT2D eigenvalue weighted by molar-refractivity contribution is 0.988. The largest absolute Gasteiger partial charge is 0.318 e. The summed E-state index contributed by atoms with van der Waals surface area (Å²) in [6.45, 7) is 0. The molecule has 0 saturated heterocycles. The highest BCUT2D eigenvalue weighted by molar-refractivity contribution is 5.87. The van der Waals surface area contributed by atoms with Gasteiger partial charge in [-0.25, -0.2) is 0 Å². The average Bonchev–Trinajstić information content (AvgIpc) is 2.74. The van der Waals surface area contributed by atoms with E-state index in [0.29, 0.717) is 0 Å². The lowest BCUT2D eigenvalue weighted by Crippen LogP contribution is -2.05. The van der Waals surface area contributed by atoms with Crippen LogP contribution in [0.4, 0.5) is 0 Å². The molecule has 1 aromatic heterocycles. The molecule has 0 saturated carbocycles. The summed E-state index contributed by atoms with van der Waals surface area (Å²) in [5, 5.41) is 1.27. The normalized spacial score (nSPS) is 17.1. The van der Waals surface area contributed by atoms with Gasteiger partial charge >= 0.3 is 0 Å². The number of fused-ring (bicyclic) bond motifs is 3. The van der Waals surface area contributed by atoms with Crippen LogP contribution in [0.25, 0.3) is 17.1 Å². The smallest absolute Gasteiger partial charge is 0.0600 e. The van der Waals surface area contributed by atoms with E-state index in [-0.39, 0.29) is 5.92 Å². The molecule has 1 aliphatic rings. The number of benzene rings is 2. The average molecular weight is 258 g/mol. The molecule has 1 unspecified atom stereocenters. The highest BCUT2D eigenvalue weighted by Gasteiger charge is 2.18. The van der Waals surface area contributed by atoms with Crippen LogP contribution in [0.1, 0.15) is 17.2 Å². The van der Waals surface area contributed by atoms with E-state index in [1.54, 1.807) is 0 Å². The van der Waals surface area contributed by atoms with Crippen molar-refractivity contribution in [3.63, 3.8) is 0 Å². The second-order valence-electron chi connectivity index (χ2n) is 4.98. The first kappa shape index (κ1) is 11.2. The Morgan fingerprint density at radius 3 is 2.60 bits per heavy atom. The maximum absolute atomic E-state index is 4.40. The van der Waals surface area contributed by atoms with E-state index < -0.39 is 0 Å². The second-order valence-corrected chi connectivity index (χ2v) is 4.98. The lowest BCUT2D eigenvalue weighted by Gasteiger charge is -2.13. The summed E-state index contributed by atoms with van der Waals surface area (Å²) in [4.78, 5) is 4.40. The summed E-state index contributed by atoms with van der Waals surface area (Å²) in [7, 11) is 0. The zero-order valence-electron chi connectivity index (χ0n) is 11.0. The number of rotatable bonds is 1. The van der Waals surface area contributed by atoms with Crippen molar-refractivity contribution in [3.05, 3.63) is 78.1 Å². The Morgan fingerprint density at radius 2 is 1.70 bits per heavy atom. The minimum Gasteiger partial charge on any atom is -0.318 e. The fraction of sp³-hybridized carbons (Fsp3) is 0.0556. The van der Waals surface area contributed by atoms with Crippen LogP contribution in [-0.4, -0.2) is 10.8 Å². The molecule has 20 heavy (non-hydrogen) atoms. The molecule has 2 nitrogen and oxygen atoms in total. The van der Waals surface area contributed by atoms with E-state index in [1.807, 2.05) is 24.7 Å². The Bertz CT molecular complexity index is 810. The van der Waals surface area contributed by atoms with Gasteiger partial charge in [-0.3, -0.25) is 4.99 Å². The summed E-state index contributed by atoms with van der Waals surface area (Å²) < 4.78 is 2.24. The van der Waals surface area contributed by atoms with E-state index in [9.17, 15) is 0 Å². The van der Waals surface area contributed by atoms with E-state index in [0.717, 1.165) is 0 Å². The second kappa shape index (κ2) is 4.49. The third kappa shape index (κ3) is 1.69. The van der Waals surface area contributed by atoms with Gasteiger partial charge in [0, 0.05) is 29.7 Å². The van der Waals surface area contributed by atoms with Crippen molar-refractivity contribution in [1.29, 1.82) is 0 Å². The Labute approximate surface area is 117 Å². The van der Waals surface area contributed by atoms with Gasteiger partial charge in [0.15, 0.2) is 0 Å². The van der Waals surface area contributed by atoms with Crippen molar-refractivity contribution in [3.8, 4) is 0 Å². The number of aliphatic imine (C=N–C) groups is 1. The molecule has 0 radical (unpaired) electrons. The van der Waals surface area contributed by atoms with Crippen LogP contribution in [0.5, 0.6) is 0 Å². The Kier molecular flexibility index (Phi) is 2.52. The van der Waals surface area contributed by atoms with Gasteiger partial charge in [-0.1, -0.05) is 48.5 Å². The van der Waals surface area contributed by atoms with Gasteiger partial charge in [0.1, 0.15) is 0 Å². The van der Waals surface area contributed by atoms with Crippen LogP contribution >= 0.6 is 0 Å². The van der Waals surface area contributed by atoms with Gasteiger partial charge in [-0.15, -0.1) is 0 Å². The third-order valence-corrected chi connectivity index (χ3v) is 3.79. The van der Waals surface area contributed by atoms with Gasteiger partial charge in [-0.2, -0.15) is 0 Å². The molecule has 96 valence electrons. The van der Waals surface area contributed by atoms with Gasteiger partial charge in [-0.05, 0) is 17.7 Å². The van der Waals surface area contributed by atoms with Gasteiger partial charge in [0.2, 0.25) is 0 Å². The minimum absolute atomic E-state index is 0.193. The molecule has 0 N–H and O–H groups in total. The Balaban J connectivity index is 1.97. The molecule has 0 amide bonds. The maximum atomic E-state index is 4.40. The summed E-state index contributed by atoms with van der Waals surface area (Å²) in [5.74, 6) is 0.193.